The van der Waals surface area contributed by atoms with Crippen molar-refractivity contribution in [3.63, 3.8) is 0 Å². The van der Waals surface area contributed by atoms with Crippen molar-refractivity contribution in [3.05, 3.63) is 42.0 Å². The molecule has 2 aliphatic rings. The van der Waals surface area contributed by atoms with Crippen LogP contribution >= 0.6 is 11.8 Å². The number of rotatable bonds is 5. The van der Waals surface area contributed by atoms with E-state index < -0.39 is 23.1 Å². The molecule has 3 heterocycles. The van der Waals surface area contributed by atoms with Gasteiger partial charge in [-0.1, -0.05) is 6.07 Å². The van der Waals surface area contributed by atoms with Gasteiger partial charge in [0.15, 0.2) is 18.9 Å². The molecule has 0 aromatic carbocycles. The Labute approximate surface area is 141 Å². The average Bonchev–Trinajstić information content (AvgIpc) is 2.56. The molecule has 3 rings (SSSR count). The van der Waals surface area contributed by atoms with Gasteiger partial charge in [-0.2, -0.15) is 0 Å². The van der Waals surface area contributed by atoms with Crippen molar-refractivity contribution in [3.8, 4) is 0 Å². The van der Waals surface area contributed by atoms with Crippen molar-refractivity contribution in [1.29, 1.82) is 0 Å². The fourth-order valence-electron chi connectivity index (χ4n) is 2.67. The summed E-state index contributed by atoms with van der Waals surface area (Å²) in [6.45, 7) is 0.367. The number of ether oxygens (including phenoxy) is 1. The lowest BCUT2D eigenvalue weighted by Crippen LogP contribution is -2.83. The number of pyridine rings is 1. The molecule has 1 saturated heterocycles. The summed E-state index contributed by atoms with van der Waals surface area (Å²) in [7, 11) is 0. The quantitative estimate of drug-likeness (QED) is 0.208. The standard InChI is InChI=1S/C14H14N4O5S/c15-14(16-8-19)11(20)18-10(23-13(21)22)9(7-24-12(14)18)6-17-4-2-1-3-5-17/h1-5,8,12H,6-7,15H2,(H-,16,19,21,22)/p+1/t12-,14-/m0/s1. The number of β-lactam (4-membered cyclic amide) rings is 1. The predicted molar refractivity (Wildman–Crippen MR) is 82.0 cm³/mol. The maximum atomic E-state index is 12.3. The summed E-state index contributed by atoms with van der Waals surface area (Å²) < 4.78 is 6.69. The third-order valence-electron chi connectivity index (χ3n) is 3.77. The van der Waals surface area contributed by atoms with Gasteiger partial charge in [-0.15, -0.1) is 11.8 Å². The molecule has 9 nitrogen and oxygen atoms in total. The fourth-order valence-corrected chi connectivity index (χ4v) is 4.02. The molecule has 4 N–H and O–H groups in total. The molecule has 24 heavy (non-hydrogen) atoms. The summed E-state index contributed by atoms with van der Waals surface area (Å²) in [5.74, 6) is -0.238. The first-order valence-corrected chi connectivity index (χ1v) is 8.04. The number of amides is 2. The normalized spacial score (nSPS) is 25.6. The van der Waals surface area contributed by atoms with Crippen LogP contribution in [-0.2, 0) is 20.9 Å². The summed E-state index contributed by atoms with van der Waals surface area (Å²) in [6, 6.07) is 5.54. The van der Waals surface area contributed by atoms with E-state index in [1.54, 1.807) is 0 Å². The van der Waals surface area contributed by atoms with Gasteiger partial charge in [-0.25, -0.2) is 9.36 Å². The SMILES string of the molecule is N[C@]1(NC=O)C(=O)N2C(OC(=O)O)=C(C[n+]3ccccc3)CS[C@H]21. The van der Waals surface area contributed by atoms with Crippen molar-refractivity contribution >= 4 is 30.2 Å². The second-order valence-electron chi connectivity index (χ2n) is 5.29. The molecule has 0 unspecified atom stereocenters. The lowest BCUT2D eigenvalue weighted by molar-refractivity contribution is -0.689. The van der Waals surface area contributed by atoms with Gasteiger partial charge in [0.05, 0.1) is 5.57 Å². The van der Waals surface area contributed by atoms with Crippen molar-refractivity contribution in [1.82, 2.24) is 10.2 Å². The predicted octanol–water partition coefficient (Wildman–Crippen LogP) is -0.804. The summed E-state index contributed by atoms with van der Waals surface area (Å²) in [5.41, 5.74) is 5.00. The maximum Gasteiger partial charge on any atom is 0.512 e. The molecule has 1 fully saturated rings. The Hall–Kier alpha value is -2.59. The summed E-state index contributed by atoms with van der Waals surface area (Å²) in [5, 5.41) is 10.7. The number of nitrogens with zero attached hydrogens (tertiary/aromatic N) is 2. The third kappa shape index (κ3) is 2.59. The highest BCUT2D eigenvalue weighted by molar-refractivity contribution is 8.00. The smallest absolute Gasteiger partial charge is 0.449 e. The Bertz CT molecular complexity index is 725. The largest absolute Gasteiger partial charge is 0.512 e. The zero-order valence-corrected chi connectivity index (χ0v) is 13.2. The van der Waals surface area contributed by atoms with Gasteiger partial charge in [-0.3, -0.25) is 20.2 Å². The van der Waals surface area contributed by atoms with Crippen LogP contribution in [0.4, 0.5) is 4.79 Å². The van der Waals surface area contributed by atoms with E-state index in [0.717, 1.165) is 0 Å². The molecule has 126 valence electrons. The molecule has 1 aromatic heterocycles. The lowest BCUT2D eigenvalue weighted by Gasteiger charge is -2.54. The number of carbonyl (C=O) groups is 3. The van der Waals surface area contributed by atoms with E-state index >= 15 is 0 Å². The Kier molecular flexibility index (Phi) is 4.16. The molecule has 10 heteroatoms. The van der Waals surface area contributed by atoms with E-state index in [1.807, 2.05) is 35.2 Å². The molecular weight excluding hydrogens is 336 g/mol. The average molecular weight is 351 g/mol. The van der Waals surface area contributed by atoms with Crippen LogP contribution in [0.1, 0.15) is 0 Å². The van der Waals surface area contributed by atoms with Gasteiger partial charge in [-0.05, 0) is 0 Å². The van der Waals surface area contributed by atoms with E-state index in [4.69, 9.17) is 15.6 Å². The molecule has 0 saturated carbocycles. The molecule has 1 aromatic rings. The van der Waals surface area contributed by atoms with E-state index in [1.165, 1.54) is 16.7 Å². The van der Waals surface area contributed by atoms with Crippen LogP contribution in [0, 0.1) is 0 Å². The molecule has 0 bridgehead atoms. The molecule has 0 aliphatic carbocycles. The van der Waals surface area contributed by atoms with Gasteiger partial charge in [0.2, 0.25) is 18.0 Å². The minimum Gasteiger partial charge on any atom is -0.449 e. The molecule has 0 radical (unpaired) electrons. The molecule has 2 atom stereocenters. The van der Waals surface area contributed by atoms with Crippen molar-refractivity contribution in [2.45, 2.75) is 17.6 Å². The van der Waals surface area contributed by atoms with Gasteiger partial charge < -0.3 is 15.2 Å². The Morgan fingerprint density at radius 3 is 2.88 bits per heavy atom. The van der Waals surface area contributed by atoms with E-state index in [9.17, 15) is 14.4 Å². The first kappa shape index (κ1) is 16.3. The third-order valence-corrected chi connectivity index (χ3v) is 5.18. The van der Waals surface area contributed by atoms with Crippen LogP contribution in [0.2, 0.25) is 0 Å². The summed E-state index contributed by atoms with van der Waals surface area (Å²) in [6.07, 6.45) is 2.48. The van der Waals surface area contributed by atoms with E-state index in [-0.39, 0.29) is 5.88 Å². The number of aromatic nitrogens is 1. The van der Waals surface area contributed by atoms with Gasteiger partial charge in [0.1, 0.15) is 5.37 Å². The van der Waals surface area contributed by atoms with Gasteiger partial charge in [0, 0.05) is 17.9 Å². The Balaban J connectivity index is 1.93. The second-order valence-corrected chi connectivity index (χ2v) is 6.36. The topological polar surface area (TPSA) is 126 Å². The number of thioether (sulfide) groups is 1. The molecule has 2 amide bonds. The first-order valence-electron chi connectivity index (χ1n) is 6.99. The van der Waals surface area contributed by atoms with Gasteiger partial charge in [0.25, 0.3) is 5.91 Å². The number of carboxylic acid groups (broad SMARTS) is 1. The maximum absolute atomic E-state index is 12.3. The summed E-state index contributed by atoms with van der Waals surface area (Å²) >= 11 is 1.34. The van der Waals surface area contributed by atoms with Crippen LogP contribution < -0.4 is 15.6 Å². The number of nitrogens with two attached hydrogens (primary N) is 1. The van der Waals surface area contributed by atoms with Crippen LogP contribution in [0.25, 0.3) is 0 Å². The highest BCUT2D eigenvalue weighted by Crippen LogP contribution is 2.43. The number of nitrogens with one attached hydrogen (secondary N) is 1. The minimum atomic E-state index is -1.55. The van der Waals surface area contributed by atoms with Crippen LogP contribution in [0.3, 0.4) is 0 Å². The first-order chi connectivity index (χ1) is 11.5. The second kappa shape index (κ2) is 6.13. The van der Waals surface area contributed by atoms with Crippen LogP contribution in [-0.4, -0.2) is 45.3 Å². The monoisotopic (exact) mass is 351 g/mol. The summed E-state index contributed by atoms with van der Waals surface area (Å²) in [4.78, 5) is 35.2. The fraction of sp³-hybridized carbons (Fsp3) is 0.286. The number of hydrogen-bond acceptors (Lipinski definition) is 6. The zero-order valence-electron chi connectivity index (χ0n) is 12.4. The highest BCUT2D eigenvalue weighted by Gasteiger charge is 2.63. The van der Waals surface area contributed by atoms with Crippen LogP contribution in [0.5, 0.6) is 0 Å². The van der Waals surface area contributed by atoms with Crippen molar-refractivity contribution in [2.24, 2.45) is 5.73 Å². The molecule has 2 aliphatic heterocycles. The van der Waals surface area contributed by atoms with E-state index in [2.05, 4.69) is 5.32 Å². The highest BCUT2D eigenvalue weighted by atomic mass is 32.2. The number of fused-ring (bicyclic) bond motifs is 1. The van der Waals surface area contributed by atoms with E-state index in [0.29, 0.717) is 24.3 Å². The lowest BCUT2D eigenvalue weighted by atomic mass is 9.99. The zero-order chi connectivity index (χ0) is 17.3. The number of carbonyl (C=O) groups excluding carboxylic acids is 2. The van der Waals surface area contributed by atoms with Crippen molar-refractivity contribution in [2.75, 3.05) is 5.75 Å². The number of hydrogen-bond donors (Lipinski definition) is 3. The van der Waals surface area contributed by atoms with Crippen LogP contribution in [0.15, 0.2) is 42.0 Å². The molecular formula is C14H15N4O5S+. The van der Waals surface area contributed by atoms with Crippen molar-refractivity contribution < 1.29 is 28.8 Å². The Morgan fingerprint density at radius 1 is 1.54 bits per heavy atom. The Morgan fingerprint density at radius 2 is 2.25 bits per heavy atom. The minimum absolute atomic E-state index is 0.0404. The molecule has 0 spiro atoms. The van der Waals surface area contributed by atoms with Gasteiger partial charge >= 0.3 is 6.16 Å².